The number of nitrogens with zero attached hydrogens (tertiary/aromatic N) is 2. The van der Waals surface area contributed by atoms with E-state index in [9.17, 15) is 8.78 Å². The second kappa shape index (κ2) is 5.40. The lowest BCUT2D eigenvalue weighted by Crippen LogP contribution is -2.10. The zero-order chi connectivity index (χ0) is 14.0. The van der Waals surface area contributed by atoms with Gasteiger partial charge in [-0.3, -0.25) is 0 Å². The molecule has 2 aromatic rings. The minimum Gasteiger partial charge on any atom is -0.324 e. The molecule has 1 aromatic heterocycles. The lowest BCUT2D eigenvalue weighted by Gasteiger charge is -2.09. The molecule has 0 aliphatic heterocycles. The molecule has 2 rings (SSSR count). The first-order chi connectivity index (χ1) is 8.95. The molecule has 1 atom stereocenters. The van der Waals surface area contributed by atoms with Gasteiger partial charge >= 0.3 is 0 Å². The van der Waals surface area contributed by atoms with E-state index in [-0.39, 0.29) is 12.5 Å². The average molecular weight is 263 g/mol. The molecule has 1 heterocycles. The van der Waals surface area contributed by atoms with Crippen LogP contribution < -0.4 is 5.73 Å². The van der Waals surface area contributed by atoms with Crippen LogP contribution in [0.2, 0.25) is 0 Å². The van der Waals surface area contributed by atoms with Crippen molar-refractivity contribution in [1.29, 1.82) is 0 Å². The van der Waals surface area contributed by atoms with Gasteiger partial charge in [0.15, 0.2) is 0 Å². The van der Waals surface area contributed by atoms with E-state index in [2.05, 4.69) is 9.97 Å². The van der Waals surface area contributed by atoms with Crippen LogP contribution in [-0.2, 0) is 6.42 Å². The molecule has 0 radical (unpaired) electrons. The van der Waals surface area contributed by atoms with Crippen LogP contribution in [0.5, 0.6) is 0 Å². The molecular weight excluding hydrogens is 248 g/mol. The number of aromatic nitrogens is 2. The first-order valence-electron chi connectivity index (χ1n) is 5.98. The highest BCUT2D eigenvalue weighted by atomic mass is 19.1. The van der Waals surface area contributed by atoms with E-state index in [1.54, 1.807) is 6.20 Å². The van der Waals surface area contributed by atoms with Gasteiger partial charge in [-0.1, -0.05) is 0 Å². The summed E-state index contributed by atoms with van der Waals surface area (Å²) in [6.07, 6.45) is 1.95. The Morgan fingerprint density at radius 2 is 1.84 bits per heavy atom. The zero-order valence-corrected chi connectivity index (χ0v) is 10.8. The van der Waals surface area contributed by atoms with Crippen molar-refractivity contribution in [2.45, 2.75) is 26.3 Å². The van der Waals surface area contributed by atoms with Crippen LogP contribution in [0.3, 0.4) is 0 Å². The Labute approximate surface area is 110 Å². The van der Waals surface area contributed by atoms with Crippen LogP contribution in [0.15, 0.2) is 24.4 Å². The Morgan fingerprint density at radius 1 is 1.21 bits per heavy atom. The van der Waals surface area contributed by atoms with Gasteiger partial charge in [-0.25, -0.2) is 18.7 Å². The zero-order valence-electron chi connectivity index (χ0n) is 10.8. The van der Waals surface area contributed by atoms with Crippen molar-refractivity contribution < 1.29 is 8.78 Å². The summed E-state index contributed by atoms with van der Waals surface area (Å²) in [5.41, 5.74) is 7.94. The number of nitrogens with two attached hydrogens (primary N) is 1. The van der Waals surface area contributed by atoms with Crippen molar-refractivity contribution in [3.63, 3.8) is 0 Å². The number of halogens is 2. The Hall–Kier alpha value is -1.88. The topological polar surface area (TPSA) is 51.8 Å². The van der Waals surface area contributed by atoms with Crippen LogP contribution in [0, 0.1) is 18.6 Å². The number of hydrogen-bond donors (Lipinski definition) is 1. The second-order valence-electron chi connectivity index (χ2n) is 4.57. The smallest absolute Gasteiger partial charge is 0.132 e. The van der Waals surface area contributed by atoms with Crippen molar-refractivity contribution in [2.75, 3.05) is 0 Å². The minimum atomic E-state index is -0.598. The van der Waals surface area contributed by atoms with Gasteiger partial charge in [-0.15, -0.1) is 0 Å². The quantitative estimate of drug-likeness (QED) is 0.926. The van der Waals surface area contributed by atoms with Crippen molar-refractivity contribution >= 4 is 0 Å². The summed E-state index contributed by atoms with van der Waals surface area (Å²) in [7, 11) is 0. The van der Waals surface area contributed by atoms with Crippen LogP contribution in [-0.4, -0.2) is 9.97 Å². The molecule has 0 aliphatic rings. The molecule has 0 saturated carbocycles. The van der Waals surface area contributed by atoms with Crippen LogP contribution in [0.25, 0.3) is 0 Å². The van der Waals surface area contributed by atoms with Gasteiger partial charge in [0.2, 0.25) is 0 Å². The Kier molecular flexibility index (Phi) is 3.85. The molecule has 5 heteroatoms. The van der Waals surface area contributed by atoms with Gasteiger partial charge in [-0.05, 0) is 31.5 Å². The summed E-state index contributed by atoms with van der Waals surface area (Å²) in [5.74, 6) is -0.676. The molecule has 0 amide bonds. The minimum absolute atomic E-state index is 0.138. The molecule has 0 fully saturated rings. The van der Waals surface area contributed by atoms with Crippen molar-refractivity contribution in [1.82, 2.24) is 9.97 Å². The molecule has 0 saturated heterocycles. The highest BCUT2D eigenvalue weighted by molar-refractivity contribution is 5.24. The lowest BCUT2D eigenvalue weighted by molar-refractivity contribution is 0.580. The normalized spacial score (nSPS) is 12.5. The molecule has 0 bridgehead atoms. The maximum atomic E-state index is 13.1. The second-order valence-corrected chi connectivity index (χ2v) is 4.57. The average Bonchev–Trinajstić information content (AvgIpc) is 2.26. The van der Waals surface area contributed by atoms with Crippen LogP contribution >= 0.6 is 0 Å². The maximum absolute atomic E-state index is 13.1. The molecule has 0 spiro atoms. The molecule has 19 heavy (non-hydrogen) atoms. The first-order valence-corrected chi connectivity index (χ1v) is 5.98. The summed E-state index contributed by atoms with van der Waals surface area (Å²) in [4.78, 5) is 8.49. The predicted molar refractivity (Wildman–Crippen MR) is 68.5 cm³/mol. The van der Waals surface area contributed by atoms with Crippen molar-refractivity contribution in [2.24, 2.45) is 5.73 Å². The third-order valence-electron chi connectivity index (χ3n) is 2.84. The molecular formula is C14H15F2N3. The van der Waals surface area contributed by atoms with Gasteiger partial charge < -0.3 is 5.73 Å². The van der Waals surface area contributed by atoms with Crippen LogP contribution in [0.4, 0.5) is 8.78 Å². The largest absolute Gasteiger partial charge is 0.324 e. The third-order valence-corrected chi connectivity index (χ3v) is 2.84. The Morgan fingerprint density at radius 3 is 2.37 bits per heavy atom. The van der Waals surface area contributed by atoms with Crippen molar-refractivity contribution in [3.8, 4) is 0 Å². The number of benzene rings is 1. The SMILES string of the molecule is Cc1nc(Cc2cc(F)cc(F)c2)ncc1[C@H](C)N. The van der Waals surface area contributed by atoms with E-state index >= 15 is 0 Å². The summed E-state index contributed by atoms with van der Waals surface area (Å²) in [6, 6.07) is 3.26. The first kappa shape index (κ1) is 13.5. The van der Waals surface area contributed by atoms with Gasteiger partial charge in [0.25, 0.3) is 0 Å². The highest BCUT2D eigenvalue weighted by Crippen LogP contribution is 2.15. The Bertz CT molecular complexity index is 577. The molecule has 0 aliphatic carbocycles. The standard InChI is InChI=1S/C14H15F2N3/c1-8(17)13-7-18-14(19-9(13)2)5-10-3-11(15)6-12(16)4-10/h3-4,6-8H,5,17H2,1-2H3/t8-/m0/s1. The fraction of sp³-hybridized carbons (Fsp3) is 0.286. The predicted octanol–water partition coefficient (Wildman–Crippen LogP) is 2.67. The van der Waals surface area contributed by atoms with Crippen LogP contribution in [0.1, 0.15) is 35.6 Å². The van der Waals surface area contributed by atoms with Gasteiger partial charge in [0, 0.05) is 36.0 Å². The van der Waals surface area contributed by atoms with E-state index in [0.717, 1.165) is 17.3 Å². The molecule has 2 N–H and O–H groups in total. The van der Waals surface area contributed by atoms with Gasteiger partial charge in [0.05, 0.1) is 0 Å². The van der Waals surface area contributed by atoms with E-state index in [0.29, 0.717) is 11.4 Å². The lowest BCUT2D eigenvalue weighted by atomic mass is 10.1. The maximum Gasteiger partial charge on any atom is 0.132 e. The molecule has 3 nitrogen and oxygen atoms in total. The highest BCUT2D eigenvalue weighted by Gasteiger charge is 2.08. The number of rotatable bonds is 3. The molecule has 1 aromatic carbocycles. The van der Waals surface area contributed by atoms with Gasteiger partial charge in [-0.2, -0.15) is 0 Å². The van der Waals surface area contributed by atoms with E-state index in [4.69, 9.17) is 5.73 Å². The van der Waals surface area contributed by atoms with E-state index < -0.39 is 11.6 Å². The summed E-state index contributed by atoms with van der Waals surface area (Å²) < 4.78 is 26.2. The summed E-state index contributed by atoms with van der Waals surface area (Å²) >= 11 is 0. The van der Waals surface area contributed by atoms with E-state index in [1.807, 2.05) is 13.8 Å². The number of hydrogen-bond acceptors (Lipinski definition) is 3. The molecule has 100 valence electrons. The molecule has 0 unspecified atom stereocenters. The third kappa shape index (κ3) is 3.32. The fourth-order valence-electron chi connectivity index (χ4n) is 1.95. The number of aryl methyl sites for hydroxylation is 1. The van der Waals surface area contributed by atoms with Crippen molar-refractivity contribution in [3.05, 3.63) is 58.7 Å². The van der Waals surface area contributed by atoms with E-state index in [1.165, 1.54) is 12.1 Å². The monoisotopic (exact) mass is 263 g/mol. The van der Waals surface area contributed by atoms with Gasteiger partial charge in [0.1, 0.15) is 17.5 Å². The fourth-order valence-corrected chi connectivity index (χ4v) is 1.95. The summed E-state index contributed by atoms with van der Waals surface area (Å²) in [6.45, 7) is 3.70. The Balaban J connectivity index is 2.26. The summed E-state index contributed by atoms with van der Waals surface area (Å²) in [5, 5.41) is 0.